The molecule has 0 unspecified atom stereocenters. The Hall–Kier alpha value is -3.40. The minimum Gasteiger partial charge on any atom is -0.493 e. The van der Waals surface area contributed by atoms with E-state index in [1.165, 1.54) is 32.4 Å². The molecular formula is C24H16ClF6NO3. The highest BCUT2D eigenvalue weighted by molar-refractivity contribution is 6.31. The summed E-state index contributed by atoms with van der Waals surface area (Å²) in [7, 11) is 2.74. The van der Waals surface area contributed by atoms with E-state index in [0.717, 1.165) is 11.0 Å². The third-order valence-corrected chi connectivity index (χ3v) is 6.16. The smallest absolute Gasteiger partial charge is 0.260 e. The molecule has 1 aliphatic heterocycles. The molecule has 1 atom stereocenters. The molecule has 1 aliphatic rings. The quantitative estimate of drug-likeness (QED) is 0.244. The van der Waals surface area contributed by atoms with Crippen molar-refractivity contribution < 1.29 is 40.6 Å². The van der Waals surface area contributed by atoms with Crippen LogP contribution < -0.4 is 9.47 Å². The third kappa shape index (κ3) is 3.95. The summed E-state index contributed by atoms with van der Waals surface area (Å²) in [4.78, 5) is 14.1. The Bertz CT molecular complexity index is 1300. The fraction of sp³-hybridized carbons (Fsp3) is 0.208. The summed E-state index contributed by atoms with van der Waals surface area (Å²) < 4.78 is 95.9. The number of carbonyl (C=O) groups is 1. The summed E-state index contributed by atoms with van der Waals surface area (Å²) in [6.45, 7) is -0.254. The maximum atomic E-state index is 15.0. The molecular weight excluding hydrogens is 500 g/mol. The first kappa shape index (κ1) is 24.7. The zero-order valence-electron chi connectivity index (χ0n) is 18.2. The van der Waals surface area contributed by atoms with Gasteiger partial charge in [-0.25, -0.2) is 26.3 Å². The number of halogens is 7. The summed E-state index contributed by atoms with van der Waals surface area (Å²) in [5, 5.41) is -0.118. The van der Waals surface area contributed by atoms with Gasteiger partial charge in [-0.3, -0.25) is 4.79 Å². The minimum absolute atomic E-state index is 0.0966. The molecule has 1 heterocycles. The maximum absolute atomic E-state index is 15.0. The van der Waals surface area contributed by atoms with Crippen molar-refractivity contribution in [3.05, 3.63) is 92.5 Å². The number of hydrogen-bond donors (Lipinski definition) is 0. The van der Waals surface area contributed by atoms with E-state index in [-0.39, 0.29) is 34.9 Å². The van der Waals surface area contributed by atoms with E-state index >= 15 is 4.39 Å². The molecule has 3 aromatic rings. The molecule has 0 radical (unpaired) electrons. The molecule has 0 spiro atoms. The second kappa shape index (κ2) is 9.33. The number of hydrogen-bond acceptors (Lipinski definition) is 3. The fourth-order valence-electron chi connectivity index (χ4n) is 4.18. The lowest BCUT2D eigenvalue weighted by Crippen LogP contribution is -2.42. The molecule has 4 nitrogen and oxygen atoms in total. The van der Waals surface area contributed by atoms with Gasteiger partial charge in [0.2, 0.25) is 5.82 Å². The van der Waals surface area contributed by atoms with E-state index in [1.807, 2.05) is 0 Å². The van der Waals surface area contributed by atoms with Crippen LogP contribution in [0.2, 0.25) is 5.02 Å². The fourth-order valence-corrected chi connectivity index (χ4v) is 4.45. The number of rotatable bonds is 4. The topological polar surface area (TPSA) is 38.8 Å². The average Bonchev–Trinajstić information content (AvgIpc) is 2.85. The van der Waals surface area contributed by atoms with Gasteiger partial charge in [0.25, 0.3) is 5.91 Å². The Morgan fingerprint density at radius 3 is 2.06 bits per heavy atom. The minimum atomic E-state index is -2.40. The van der Waals surface area contributed by atoms with Crippen LogP contribution in [0, 0.1) is 34.9 Å². The highest BCUT2D eigenvalue weighted by Gasteiger charge is 2.40. The largest absolute Gasteiger partial charge is 0.493 e. The van der Waals surface area contributed by atoms with Gasteiger partial charge < -0.3 is 14.4 Å². The van der Waals surface area contributed by atoms with Crippen LogP contribution >= 0.6 is 11.6 Å². The molecule has 0 bridgehead atoms. The van der Waals surface area contributed by atoms with Gasteiger partial charge in [0.15, 0.2) is 34.8 Å². The SMILES string of the molecule is COc1cc2c(cc1OC)[C@H](c1c(F)cccc1Cl)N(C(=O)c1c(F)c(F)c(F)c(F)c1F)CC2. The van der Waals surface area contributed by atoms with Crippen LogP contribution in [-0.4, -0.2) is 31.6 Å². The van der Waals surface area contributed by atoms with Crippen molar-refractivity contribution in [2.45, 2.75) is 12.5 Å². The van der Waals surface area contributed by atoms with E-state index in [9.17, 15) is 26.7 Å². The lowest BCUT2D eigenvalue weighted by molar-refractivity contribution is 0.0678. The normalized spacial score (nSPS) is 15.1. The van der Waals surface area contributed by atoms with Crippen LogP contribution in [0.25, 0.3) is 0 Å². The van der Waals surface area contributed by atoms with Gasteiger partial charge in [-0.15, -0.1) is 0 Å². The highest BCUT2D eigenvalue weighted by atomic mass is 35.5. The Balaban J connectivity index is 1.98. The van der Waals surface area contributed by atoms with Gasteiger partial charge in [0.1, 0.15) is 11.4 Å². The number of ether oxygens (including phenoxy) is 2. The maximum Gasteiger partial charge on any atom is 0.260 e. The Kier molecular flexibility index (Phi) is 6.59. The standard InChI is InChI=1S/C24H16ClF6NO3/c1-34-14-8-10-6-7-32(24(33)17-18(27)20(29)22(31)21(30)19(17)28)23(11(10)9-15(14)35-2)16-12(25)4-3-5-13(16)26/h3-5,8-9,23H,6-7H2,1-2H3/t23-/m1/s1. The zero-order valence-corrected chi connectivity index (χ0v) is 19.0. The first-order valence-corrected chi connectivity index (χ1v) is 10.5. The van der Waals surface area contributed by atoms with Crippen LogP contribution in [0.5, 0.6) is 11.5 Å². The first-order chi connectivity index (χ1) is 16.6. The Labute approximate surface area is 200 Å². The molecule has 11 heteroatoms. The van der Waals surface area contributed by atoms with E-state index in [1.54, 1.807) is 6.07 Å². The number of fused-ring (bicyclic) bond motifs is 1. The molecule has 35 heavy (non-hydrogen) atoms. The van der Waals surface area contributed by atoms with Gasteiger partial charge in [0.05, 0.1) is 20.3 Å². The molecule has 3 aromatic carbocycles. The van der Waals surface area contributed by atoms with Crippen LogP contribution in [0.3, 0.4) is 0 Å². The van der Waals surface area contributed by atoms with Crippen molar-refractivity contribution in [3.63, 3.8) is 0 Å². The zero-order chi connectivity index (χ0) is 25.6. The molecule has 0 saturated heterocycles. The van der Waals surface area contributed by atoms with Crippen LogP contribution in [0.15, 0.2) is 30.3 Å². The predicted octanol–water partition coefficient (Wildman–Crippen LogP) is 5.98. The molecule has 0 N–H and O–H groups in total. The van der Waals surface area contributed by atoms with Crippen molar-refractivity contribution in [3.8, 4) is 11.5 Å². The predicted molar refractivity (Wildman–Crippen MR) is 114 cm³/mol. The summed E-state index contributed by atoms with van der Waals surface area (Å²) in [5.41, 5.74) is -1.02. The number of benzene rings is 3. The number of amides is 1. The van der Waals surface area contributed by atoms with Gasteiger partial charge in [-0.05, 0) is 41.8 Å². The van der Waals surface area contributed by atoms with Crippen LogP contribution in [0.4, 0.5) is 26.3 Å². The summed E-state index contributed by atoms with van der Waals surface area (Å²) >= 11 is 6.26. The second-order valence-electron chi connectivity index (χ2n) is 7.64. The average molecular weight is 516 g/mol. The molecule has 184 valence electrons. The molecule has 1 amide bonds. The van der Waals surface area contributed by atoms with Gasteiger partial charge in [-0.1, -0.05) is 17.7 Å². The van der Waals surface area contributed by atoms with E-state index in [4.69, 9.17) is 21.1 Å². The number of carbonyl (C=O) groups excluding carboxylic acids is 1. The van der Waals surface area contributed by atoms with Gasteiger partial charge in [-0.2, -0.15) is 0 Å². The second-order valence-corrected chi connectivity index (χ2v) is 8.04. The van der Waals surface area contributed by atoms with Crippen molar-refractivity contribution in [2.75, 3.05) is 20.8 Å². The molecule has 4 rings (SSSR count). The summed E-state index contributed by atoms with van der Waals surface area (Å²) in [6, 6.07) is 5.38. The van der Waals surface area contributed by atoms with Crippen molar-refractivity contribution in [1.82, 2.24) is 4.90 Å². The van der Waals surface area contributed by atoms with Crippen LogP contribution in [-0.2, 0) is 6.42 Å². The number of methoxy groups -OCH3 is 2. The van der Waals surface area contributed by atoms with Crippen molar-refractivity contribution in [2.24, 2.45) is 0 Å². The molecule has 0 fully saturated rings. The monoisotopic (exact) mass is 515 g/mol. The molecule has 0 aliphatic carbocycles. The van der Waals surface area contributed by atoms with E-state index in [0.29, 0.717) is 11.3 Å². The van der Waals surface area contributed by atoms with E-state index < -0.39 is 52.4 Å². The molecule has 0 aromatic heterocycles. The Morgan fingerprint density at radius 1 is 0.914 bits per heavy atom. The van der Waals surface area contributed by atoms with Gasteiger partial charge in [0, 0.05) is 17.1 Å². The van der Waals surface area contributed by atoms with Crippen molar-refractivity contribution in [1.29, 1.82) is 0 Å². The molecule has 0 saturated carbocycles. The lowest BCUT2D eigenvalue weighted by atomic mass is 9.86. The summed E-state index contributed by atoms with van der Waals surface area (Å²) in [5.74, 6) is -13.3. The van der Waals surface area contributed by atoms with Crippen LogP contribution in [0.1, 0.15) is 33.1 Å². The first-order valence-electron chi connectivity index (χ1n) is 10.1. The number of nitrogens with zero attached hydrogens (tertiary/aromatic N) is 1. The lowest BCUT2D eigenvalue weighted by Gasteiger charge is -2.38. The van der Waals surface area contributed by atoms with Gasteiger partial charge >= 0.3 is 0 Å². The highest BCUT2D eigenvalue weighted by Crippen LogP contribution is 2.44. The summed E-state index contributed by atoms with van der Waals surface area (Å²) in [6.07, 6.45) is 0.0966. The van der Waals surface area contributed by atoms with E-state index in [2.05, 4.69) is 0 Å². The van der Waals surface area contributed by atoms with Crippen molar-refractivity contribution >= 4 is 17.5 Å². The Morgan fingerprint density at radius 2 is 1.49 bits per heavy atom. The third-order valence-electron chi connectivity index (χ3n) is 5.83.